The predicted octanol–water partition coefficient (Wildman–Crippen LogP) is 2.09. The lowest BCUT2D eigenvalue weighted by Crippen LogP contribution is -1.99. The number of anilines is 1. The number of methoxy groups -OCH3 is 3. The zero-order chi connectivity index (χ0) is 13.8. The molecule has 0 bridgehead atoms. The van der Waals surface area contributed by atoms with Gasteiger partial charge in [-0.25, -0.2) is 0 Å². The molecule has 6 heteroatoms. The van der Waals surface area contributed by atoms with Crippen molar-refractivity contribution in [2.45, 2.75) is 6.61 Å². The molecule has 0 spiro atoms. The second kappa shape index (κ2) is 5.62. The summed E-state index contributed by atoms with van der Waals surface area (Å²) in [7, 11) is 4.78. The van der Waals surface area contributed by atoms with Gasteiger partial charge in [-0.3, -0.25) is 0 Å². The second-order valence-electron chi connectivity index (χ2n) is 3.88. The number of hydrogen-bond donors (Lipinski definition) is 1. The molecular formula is C13H16N2O4. The fourth-order valence-electron chi connectivity index (χ4n) is 1.96. The fraction of sp³-hybridized carbons (Fsp3) is 0.308. The average molecular weight is 264 g/mol. The lowest BCUT2D eigenvalue weighted by atomic mass is 10.0. The molecule has 0 aliphatic heterocycles. The highest BCUT2D eigenvalue weighted by Gasteiger charge is 2.19. The Morgan fingerprint density at radius 2 is 1.84 bits per heavy atom. The Kier molecular flexibility index (Phi) is 3.91. The number of benzene rings is 1. The van der Waals surface area contributed by atoms with Gasteiger partial charge in [-0.2, -0.15) is 0 Å². The molecule has 6 nitrogen and oxygen atoms in total. The molecule has 1 aromatic heterocycles. The van der Waals surface area contributed by atoms with Crippen LogP contribution in [0.5, 0.6) is 11.5 Å². The lowest BCUT2D eigenvalue weighted by Gasteiger charge is -2.15. The van der Waals surface area contributed by atoms with Gasteiger partial charge >= 0.3 is 0 Å². The largest absolute Gasteiger partial charge is 0.492 e. The molecule has 0 unspecified atom stereocenters. The summed E-state index contributed by atoms with van der Waals surface area (Å²) >= 11 is 0. The zero-order valence-electron chi connectivity index (χ0n) is 11.1. The van der Waals surface area contributed by atoms with Crippen molar-refractivity contribution in [1.82, 2.24) is 5.16 Å². The minimum Gasteiger partial charge on any atom is -0.492 e. The van der Waals surface area contributed by atoms with Crippen molar-refractivity contribution in [3.8, 4) is 22.6 Å². The normalized spacial score (nSPS) is 10.5. The third-order valence-electron chi connectivity index (χ3n) is 2.79. The van der Waals surface area contributed by atoms with E-state index in [-0.39, 0.29) is 5.88 Å². The van der Waals surface area contributed by atoms with Gasteiger partial charge in [-0.1, -0.05) is 11.2 Å². The van der Waals surface area contributed by atoms with E-state index in [1.54, 1.807) is 27.5 Å². The van der Waals surface area contributed by atoms with Gasteiger partial charge in [-0.05, 0) is 6.07 Å². The van der Waals surface area contributed by atoms with Gasteiger partial charge in [0, 0.05) is 18.2 Å². The highest BCUT2D eigenvalue weighted by Crippen LogP contribution is 2.42. The van der Waals surface area contributed by atoms with Crippen LogP contribution in [0.4, 0.5) is 5.88 Å². The number of ether oxygens (including phenoxy) is 3. The van der Waals surface area contributed by atoms with Crippen LogP contribution in [0, 0.1) is 0 Å². The molecule has 0 saturated heterocycles. The number of nitrogen functional groups attached to an aromatic ring is 1. The average Bonchev–Trinajstić information content (AvgIpc) is 2.84. The summed E-state index contributed by atoms with van der Waals surface area (Å²) in [5, 5.41) is 3.67. The number of nitrogens with zero attached hydrogens (tertiary/aromatic N) is 1. The van der Waals surface area contributed by atoms with Crippen LogP contribution in [-0.4, -0.2) is 26.5 Å². The van der Waals surface area contributed by atoms with Gasteiger partial charge in [-0.15, -0.1) is 0 Å². The molecule has 0 atom stereocenters. The van der Waals surface area contributed by atoms with E-state index in [4.69, 9.17) is 24.5 Å². The third kappa shape index (κ3) is 2.34. The van der Waals surface area contributed by atoms with Crippen LogP contribution in [0.25, 0.3) is 11.1 Å². The van der Waals surface area contributed by atoms with E-state index in [0.29, 0.717) is 23.7 Å². The first-order valence-corrected chi connectivity index (χ1v) is 5.66. The molecule has 2 rings (SSSR count). The molecule has 19 heavy (non-hydrogen) atoms. The van der Waals surface area contributed by atoms with E-state index in [1.807, 2.05) is 12.1 Å². The van der Waals surface area contributed by atoms with Crippen LogP contribution in [0.3, 0.4) is 0 Å². The van der Waals surface area contributed by atoms with Crippen molar-refractivity contribution < 1.29 is 18.7 Å². The highest BCUT2D eigenvalue weighted by atomic mass is 16.5. The smallest absolute Gasteiger partial charge is 0.230 e. The molecule has 1 heterocycles. The maximum absolute atomic E-state index is 5.73. The molecule has 0 amide bonds. The maximum Gasteiger partial charge on any atom is 0.230 e. The molecule has 2 aromatic rings. The zero-order valence-corrected chi connectivity index (χ0v) is 11.1. The summed E-state index contributed by atoms with van der Waals surface area (Å²) in [6, 6.07) is 3.77. The van der Waals surface area contributed by atoms with Crippen molar-refractivity contribution in [3.05, 3.63) is 23.9 Å². The first-order valence-electron chi connectivity index (χ1n) is 5.66. The standard InChI is InChI=1S/C13H16N2O4/c1-16-7-8-4-5-9(10-6-15-19-13(10)14)12(18-3)11(8)17-2/h4-6H,7,14H2,1-3H3. The van der Waals surface area contributed by atoms with Crippen LogP contribution in [0.2, 0.25) is 0 Å². The molecule has 1 aromatic carbocycles. The minimum atomic E-state index is 0.236. The van der Waals surface area contributed by atoms with Crippen molar-refractivity contribution in [1.29, 1.82) is 0 Å². The Bertz CT molecular complexity index is 566. The first kappa shape index (κ1) is 13.2. The Morgan fingerprint density at radius 3 is 2.37 bits per heavy atom. The van der Waals surface area contributed by atoms with Crippen molar-refractivity contribution in [3.63, 3.8) is 0 Å². The van der Waals surface area contributed by atoms with Gasteiger partial charge in [0.2, 0.25) is 5.88 Å². The molecule has 0 saturated carbocycles. The van der Waals surface area contributed by atoms with Gasteiger partial charge in [0.25, 0.3) is 0 Å². The van der Waals surface area contributed by atoms with Crippen LogP contribution in [0.15, 0.2) is 22.9 Å². The number of hydrogen-bond acceptors (Lipinski definition) is 6. The van der Waals surface area contributed by atoms with Crippen molar-refractivity contribution in [2.24, 2.45) is 0 Å². The van der Waals surface area contributed by atoms with Gasteiger partial charge in [0.05, 0.1) is 32.6 Å². The minimum absolute atomic E-state index is 0.236. The summed E-state index contributed by atoms with van der Waals surface area (Å²) in [6.45, 7) is 0.429. The maximum atomic E-state index is 5.73. The van der Waals surface area contributed by atoms with E-state index in [9.17, 15) is 0 Å². The predicted molar refractivity (Wildman–Crippen MR) is 70.2 cm³/mol. The molecule has 2 N–H and O–H groups in total. The third-order valence-corrected chi connectivity index (χ3v) is 2.79. The highest BCUT2D eigenvalue weighted by molar-refractivity contribution is 5.80. The van der Waals surface area contributed by atoms with E-state index in [1.165, 1.54) is 0 Å². The Morgan fingerprint density at radius 1 is 1.11 bits per heavy atom. The van der Waals surface area contributed by atoms with E-state index in [2.05, 4.69) is 5.16 Å². The molecule has 102 valence electrons. The number of rotatable bonds is 5. The van der Waals surface area contributed by atoms with Gasteiger partial charge < -0.3 is 24.5 Å². The Balaban J connectivity index is 2.60. The number of nitrogens with two attached hydrogens (primary N) is 1. The van der Waals surface area contributed by atoms with Gasteiger partial charge in [0.15, 0.2) is 11.5 Å². The van der Waals surface area contributed by atoms with Gasteiger partial charge in [0.1, 0.15) is 0 Å². The molecule has 0 aliphatic carbocycles. The first-order chi connectivity index (χ1) is 9.22. The van der Waals surface area contributed by atoms with E-state index >= 15 is 0 Å². The summed E-state index contributed by atoms with van der Waals surface area (Å²) in [5.41, 5.74) is 8.05. The summed E-state index contributed by atoms with van der Waals surface area (Å²) in [5.74, 6) is 1.43. The SMILES string of the molecule is COCc1ccc(-c2cnoc2N)c(OC)c1OC. The fourth-order valence-corrected chi connectivity index (χ4v) is 1.96. The van der Waals surface area contributed by atoms with E-state index in [0.717, 1.165) is 11.1 Å². The molecule has 0 fully saturated rings. The van der Waals surface area contributed by atoms with Crippen LogP contribution < -0.4 is 15.2 Å². The van der Waals surface area contributed by atoms with Crippen LogP contribution >= 0.6 is 0 Å². The Labute approximate surface area is 111 Å². The molecule has 0 aliphatic rings. The quantitative estimate of drug-likeness (QED) is 0.890. The number of aromatic nitrogens is 1. The summed E-state index contributed by atoms with van der Waals surface area (Å²) in [4.78, 5) is 0. The molecular weight excluding hydrogens is 248 g/mol. The summed E-state index contributed by atoms with van der Waals surface area (Å²) in [6.07, 6.45) is 1.54. The van der Waals surface area contributed by atoms with Crippen LogP contribution in [-0.2, 0) is 11.3 Å². The van der Waals surface area contributed by atoms with E-state index < -0.39 is 0 Å². The summed E-state index contributed by atoms with van der Waals surface area (Å²) < 4.78 is 20.8. The van der Waals surface area contributed by atoms with Crippen molar-refractivity contribution in [2.75, 3.05) is 27.1 Å². The lowest BCUT2D eigenvalue weighted by molar-refractivity contribution is 0.181. The monoisotopic (exact) mass is 264 g/mol. The second-order valence-corrected chi connectivity index (χ2v) is 3.88. The Hall–Kier alpha value is -2.21. The van der Waals surface area contributed by atoms with Crippen molar-refractivity contribution >= 4 is 5.88 Å². The topological polar surface area (TPSA) is 79.7 Å². The molecule has 0 radical (unpaired) electrons. The van der Waals surface area contributed by atoms with Crippen LogP contribution in [0.1, 0.15) is 5.56 Å².